The van der Waals surface area contributed by atoms with Crippen LogP contribution in [-0.2, 0) is 12.1 Å². The van der Waals surface area contributed by atoms with Gasteiger partial charge in [-0.25, -0.2) is 4.39 Å². The molecule has 0 unspecified atom stereocenters. The topological polar surface area (TPSA) is 0 Å². The molecule has 0 heterocycles. The molecule has 13 heavy (non-hydrogen) atoms. The van der Waals surface area contributed by atoms with E-state index in [0.717, 1.165) is 12.0 Å². The maximum absolute atomic E-state index is 13.4. The predicted molar refractivity (Wildman–Crippen MR) is 54.5 cm³/mol. The van der Waals surface area contributed by atoms with Gasteiger partial charge >= 0.3 is 0 Å². The molecule has 0 nitrogen and oxygen atoms in total. The molecule has 0 spiro atoms. The van der Waals surface area contributed by atoms with Crippen molar-refractivity contribution in [2.45, 2.75) is 25.9 Å². The summed E-state index contributed by atoms with van der Waals surface area (Å²) < 4.78 is 13.4. The highest BCUT2D eigenvalue weighted by Crippen LogP contribution is 2.24. The minimum absolute atomic E-state index is 0.723. The fourth-order valence-corrected chi connectivity index (χ4v) is 1.20. The monoisotopic (exact) mass is 178 g/mol. The second-order valence-corrected chi connectivity index (χ2v) is 3.66. The van der Waals surface area contributed by atoms with Crippen LogP contribution in [0.5, 0.6) is 0 Å². The maximum atomic E-state index is 13.4. The lowest BCUT2D eigenvalue weighted by Gasteiger charge is -2.14. The highest BCUT2D eigenvalue weighted by atomic mass is 19.1. The molecular formula is C12H15F. The number of hydrogen-bond donors (Lipinski definition) is 0. The lowest BCUT2D eigenvalue weighted by Crippen LogP contribution is -2.08. The van der Waals surface area contributed by atoms with Gasteiger partial charge in [-0.1, -0.05) is 30.3 Å². The molecule has 0 aliphatic carbocycles. The minimum Gasteiger partial charge on any atom is -0.239 e. The third kappa shape index (κ3) is 2.69. The molecule has 0 saturated heterocycles. The summed E-state index contributed by atoms with van der Waals surface area (Å²) in [4.78, 5) is 0. The van der Waals surface area contributed by atoms with Crippen molar-refractivity contribution in [2.24, 2.45) is 0 Å². The highest BCUT2D eigenvalue weighted by molar-refractivity contribution is 5.27. The first kappa shape index (κ1) is 9.97. The molecule has 70 valence electrons. The van der Waals surface area contributed by atoms with Crippen LogP contribution in [0.25, 0.3) is 0 Å². The van der Waals surface area contributed by atoms with Crippen molar-refractivity contribution in [3.05, 3.63) is 48.0 Å². The fraction of sp³-hybridized carbons (Fsp3) is 0.333. The second kappa shape index (κ2) is 3.73. The molecule has 0 amide bonds. The first-order chi connectivity index (χ1) is 6.04. The average molecular weight is 178 g/mol. The molecule has 0 bridgehead atoms. The van der Waals surface area contributed by atoms with Crippen LogP contribution in [0.4, 0.5) is 4.39 Å². The summed E-state index contributed by atoms with van der Waals surface area (Å²) in [5, 5.41) is 0. The molecule has 0 aliphatic rings. The molecule has 1 aromatic rings. The Hall–Kier alpha value is -1.11. The fourth-order valence-electron chi connectivity index (χ4n) is 1.20. The van der Waals surface area contributed by atoms with Gasteiger partial charge in [-0.05, 0) is 31.4 Å². The van der Waals surface area contributed by atoms with Gasteiger partial charge in [0.1, 0.15) is 5.67 Å². The Morgan fingerprint density at radius 3 is 2.23 bits per heavy atom. The first-order valence-corrected chi connectivity index (χ1v) is 4.43. The van der Waals surface area contributed by atoms with E-state index in [2.05, 4.69) is 6.58 Å². The standard InChI is InChI=1S/C12H15F/c1-4-5-10-6-8-11(9-7-10)12(2,3)13/h4,6-9H,1,5H2,2-3H3. The number of hydrogen-bond acceptors (Lipinski definition) is 0. The molecule has 0 atom stereocenters. The van der Waals surface area contributed by atoms with Crippen LogP contribution < -0.4 is 0 Å². The Morgan fingerprint density at radius 2 is 1.85 bits per heavy atom. The van der Waals surface area contributed by atoms with E-state index in [1.165, 1.54) is 5.56 Å². The molecular weight excluding hydrogens is 163 g/mol. The number of allylic oxidation sites excluding steroid dienone is 1. The van der Waals surface area contributed by atoms with E-state index in [1.807, 2.05) is 30.3 Å². The Balaban J connectivity index is 2.87. The van der Waals surface area contributed by atoms with Crippen LogP contribution in [0.1, 0.15) is 25.0 Å². The highest BCUT2D eigenvalue weighted by Gasteiger charge is 2.17. The molecule has 1 heteroatoms. The molecule has 0 radical (unpaired) electrons. The SMILES string of the molecule is C=CCc1ccc(C(C)(C)F)cc1. The number of benzene rings is 1. The number of rotatable bonds is 3. The van der Waals surface area contributed by atoms with Crippen LogP contribution in [0.15, 0.2) is 36.9 Å². The molecule has 0 fully saturated rings. The maximum Gasteiger partial charge on any atom is 0.130 e. The first-order valence-electron chi connectivity index (χ1n) is 4.43. The lowest BCUT2D eigenvalue weighted by molar-refractivity contribution is 0.221. The van der Waals surface area contributed by atoms with E-state index in [-0.39, 0.29) is 0 Å². The van der Waals surface area contributed by atoms with Crippen molar-refractivity contribution in [1.29, 1.82) is 0 Å². The minimum atomic E-state index is -1.24. The summed E-state index contributed by atoms with van der Waals surface area (Å²) in [6, 6.07) is 7.55. The Kier molecular flexibility index (Phi) is 2.86. The largest absolute Gasteiger partial charge is 0.239 e. The zero-order valence-corrected chi connectivity index (χ0v) is 8.18. The van der Waals surface area contributed by atoms with Crippen LogP contribution in [0.3, 0.4) is 0 Å². The van der Waals surface area contributed by atoms with Crippen molar-refractivity contribution < 1.29 is 4.39 Å². The zero-order valence-electron chi connectivity index (χ0n) is 8.18. The molecule has 0 N–H and O–H groups in total. The summed E-state index contributed by atoms with van der Waals surface area (Å²) in [5.41, 5.74) is 0.649. The van der Waals surface area contributed by atoms with Gasteiger partial charge in [-0.2, -0.15) is 0 Å². The molecule has 1 aromatic carbocycles. The van der Waals surface area contributed by atoms with Crippen LogP contribution in [-0.4, -0.2) is 0 Å². The third-order valence-corrected chi connectivity index (χ3v) is 2.02. The van der Waals surface area contributed by atoms with Crippen molar-refractivity contribution in [2.75, 3.05) is 0 Å². The summed E-state index contributed by atoms with van der Waals surface area (Å²) in [6.07, 6.45) is 2.68. The predicted octanol–water partition coefficient (Wildman–Crippen LogP) is 3.62. The van der Waals surface area contributed by atoms with Crippen molar-refractivity contribution >= 4 is 0 Å². The van der Waals surface area contributed by atoms with Gasteiger partial charge in [0.05, 0.1) is 0 Å². The Labute approximate surface area is 79.1 Å². The van der Waals surface area contributed by atoms with Crippen molar-refractivity contribution in [3.8, 4) is 0 Å². The van der Waals surface area contributed by atoms with E-state index in [9.17, 15) is 4.39 Å². The zero-order chi connectivity index (χ0) is 9.90. The van der Waals surface area contributed by atoms with Crippen molar-refractivity contribution in [3.63, 3.8) is 0 Å². The van der Waals surface area contributed by atoms with Crippen LogP contribution in [0.2, 0.25) is 0 Å². The van der Waals surface area contributed by atoms with Gasteiger partial charge in [-0.3, -0.25) is 0 Å². The van der Waals surface area contributed by atoms with E-state index >= 15 is 0 Å². The van der Waals surface area contributed by atoms with Crippen LogP contribution >= 0.6 is 0 Å². The Morgan fingerprint density at radius 1 is 1.31 bits per heavy atom. The quantitative estimate of drug-likeness (QED) is 0.620. The van der Waals surface area contributed by atoms with Gasteiger partial charge in [-0.15, -0.1) is 6.58 Å². The molecule has 0 aliphatic heterocycles. The van der Waals surface area contributed by atoms with Gasteiger partial charge < -0.3 is 0 Å². The number of alkyl halides is 1. The third-order valence-electron chi connectivity index (χ3n) is 2.02. The van der Waals surface area contributed by atoms with E-state index < -0.39 is 5.67 Å². The van der Waals surface area contributed by atoms with Crippen LogP contribution in [0, 0.1) is 0 Å². The second-order valence-electron chi connectivity index (χ2n) is 3.66. The lowest BCUT2D eigenvalue weighted by atomic mass is 9.98. The summed E-state index contributed by atoms with van der Waals surface area (Å²) in [5.74, 6) is 0. The molecule has 0 saturated carbocycles. The smallest absolute Gasteiger partial charge is 0.130 e. The van der Waals surface area contributed by atoms with Gasteiger partial charge in [0.15, 0.2) is 0 Å². The van der Waals surface area contributed by atoms with E-state index in [1.54, 1.807) is 13.8 Å². The van der Waals surface area contributed by atoms with E-state index in [0.29, 0.717) is 0 Å². The van der Waals surface area contributed by atoms with Crippen molar-refractivity contribution in [1.82, 2.24) is 0 Å². The van der Waals surface area contributed by atoms with Gasteiger partial charge in [0, 0.05) is 0 Å². The van der Waals surface area contributed by atoms with E-state index in [4.69, 9.17) is 0 Å². The van der Waals surface area contributed by atoms with Gasteiger partial charge in [0.2, 0.25) is 0 Å². The molecule has 1 rings (SSSR count). The van der Waals surface area contributed by atoms with Gasteiger partial charge in [0.25, 0.3) is 0 Å². The Bertz CT molecular complexity index is 277. The normalized spacial score (nSPS) is 11.3. The summed E-state index contributed by atoms with van der Waals surface area (Å²) >= 11 is 0. The molecule has 0 aromatic heterocycles. The summed E-state index contributed by atoms with van der Waals surface area (Å²) in [7, 11) is 0. The average Bonchev–Trinajstić information content (AvgIpc) is 2.04. The number of halogens is 1. The summed E-state index contributed by atoms with van der Waals surface area (Å²) in [6.45, 7) is 6.78.